The SMILES string of the molecule is NCCCC[C@H](NC(=O)[C@H](Cc1cnc[nH]1)NC(=O)[C@@H]1CCCN1C(=O)[C@@H](CCCN)NC(=O)CNC(=O)[C@@H](NC(=O)[C@@H](NC(=O)[C@@H](N)CCCCN)[C@@H](O)CN)[C@@H](O)CN)C(=O)N/C(=C\CCN=C(N)N)C(N)=O. The summed E-state index contributed by atoms with van der Waals surface area (Å²) < 4.78 is 0. The van der Waals surface area contributed by atoms with Gasteiger partial charge >= 0.3 is 0 Å². The number of aliphatic imine (C=N–C) groups is 1. The van der Waals surface area contributed by atoms with Crippen molar-refractivity contribution in [3.8, 4) is 0 Å². The molecule has 28 N–H and O–H groups in total. The molecule has 9 amide bonds. The smallest absolute Gasteiger partial charge is 0.264 e. The van der Waals surface area contributed by atoms with Gasteiger partial charge in [-0.1, -0.05) is 12.5 Å². The summed E-state index contributed by atoms with van der Waals surface area (Å²) in [6.07, 6.45) is 3.70. The van der Waals surface area contributed by atoms with Crippen LogP contribution in [0.4, 0.5) is 0 Å². The Bertz CT molecular complexity index is 2070. The molecule has 0 bridgehead atoms. The molecule has 1 aromatic heterocycles. The van der Waals surface area contributed by atoms with Gasteiger partial charge in [0.2, 0.25) is 47.3 Å². The van der Waals surface area contributed by atoms with Crippen LogP contribution in [0.1, 0.15) is 76.3 Å². The van der Waals surface area contributed by atoms with Gasteiger partial charge in [-0.25, -0.2) is 4.98 Å². The molecule has 1 aliphatic rings. The molecule has 0 radical (unpaired) electrons. The quantitative estimate of drug-likeness (QED) is 0.0128. The fourth-order valence-electron chi connectivity index (χ4n) is 7.66. The number of aromatic amines is 1. The minimum absolute atomic E-state index is 0.000921. The van der Waals surface area contributed by atoms with E-state index in [1.54, 1.807) is 0 Å². The van der Waals surface area contributed by atoms with Gasteiger partial charge in [0.05, 0.1) is 31.1 Å². The molecule has 0 aliphatic carbocycles. The monoisotopic (exact) mass is 1060 g/mol. The first-order chi connectivity index (χ1) is 35.7. The lowest BCUT2D eigenvalue weighted by atomic mass is 10.0. The van der Waals surface area contributed by atoms with Gasteiger partial charge in [0.1, 0.15) is 41.9 Å². The van der Waals surface area contributed by atoms with E-state index in [-0.39, 0.29) is 82.8 Å². The van der Waals surface area contributed by atoms with Crippen molar-refractivity contribution in [1.29, 1.82) is 0 Å². The standard InChI is InChI=1S/C44H80N20O11/c45-13-3-1-8-25(50)37(69)62-35(32(66)20-49)42(74)63-34(31(65)19-48)41(73)56-22-33(67)58-28(10-5-15-47)43(75)64-17-7-12-30(64)40(72)61-29(18-24-21-54-23-57-24)39(71)60-27(9-2-4-14-46)38(70)59-26(36(51)68)11-6-16-55-44(52)53/h11,21,23,25,27-32,34-35,65-66H,1-10,12-20,22,45-50H2,(H2,51,68)(H,54,57)(H,56,73)(H,58,67)(H,59,70)(H,60,71)(H,61,72)(H,62,69)(H,63,74)(H4,52,53,55)/b26-11-/t25-,27-,28+,29-,30-,31-,32-,34-,35-/m0/s1. The number of rotatable bonds is 36. The Kier molecular flexibility index (Phi) is 29.6. The molecule has 1 aromatic rings. The van der Waals surface area contributed by atoms with Crippen molar-refractivity contribution >= 4 is 59.1 Å². The number of nitrogens with one attached hydrogen (secondary N) is 8. The maximum atomic E-state index is 14.2. The average Bonchev–Trinajstić information content (AvgIpc) is 4.10. The molecule has 9 atom stereocenters. The normalized spacial score (nSPS) is 16.6. The Balaban J connectivity index is 2.27. The number of nitrogens with zero attached hydrogens (tertiary/aromatic N) is 3. The van der Waals surface area contributed by atoms with E-state index < -0.39 is 127 Å². The fourth-order valence-corrected chi connectivity index (χ4v) is 7.66. The Hall–Kier alpha value is -6.87. The third kappa shape index (κ3) is 22.6. The number of unbranched alkanes of at least 4 members (excludes halogenated alkanes) is 2. The molecule has 1 aliphatic heterocycles. The zero-order valence-electron chi connectivity index (χ0n) is 42.2. The van der Waals surface area contributed by atoms with Crippen LogP contribution in [0.2, 0.25) is 0 Å². The second-order valence-electron chi connectivity index (χ2n) is 17.7. The van der Waals surface area contributed by atoms with E-state index in [4.69, 9.17) is 51.6 Å². The highest BCUT2D eigenvalue weighted by Gasteiger charge is 2.40. The Morgan fingerprint density at radius 1 is 0.733 bits per heavy atom. The molecule has 2 rings (SSSR count). The molecular weight excluding hydrogens is 985 g/mol. The molecule has 0 aromatic carbocycles. The predicted octanol–water partition coefficient (Wildman–Crippen LogP) is -9.40. The summed E-state index contributed by atoms with van der Waals surface area (Å²) in [5, 5.41) is 38.3. The van der Waals surface area contributed by atoms with Crippen LogP contribution >= 0.6 is 0 Å². The molecule has 422 valence electrons. The zero-order valence-corrected chi connectivity index (χ0v) is 42.2. The largest absolute Gasteiger partial charge is 0.389 e. The number of guanidine groups is 1. The number of aliphatic hydroxyl groups is 2. The summed E-state index contributed by atoms with van der Waals surface area (Å²) in [6.45, 7) is -0.938. The van der Waals surface area contributed by atoms with Crippen LogP contribution in [0.15, 0.2) is 29.3 Å². The van der Waals surface area contributed by atoms with Crippen molar-refractivity contribution < 1.29 is 53.4 Å². The summed E-state index contributed by atoms with van der Waals surface area (Å²) in [5.41, 5.74) is 50.5. The molecule has 0 saturated carbocycles. The number of primary amides is 1. The van der Waals surface area contributed by atoms with Gasteiger partial charge in [0.25, 0.3) is 5.91 Å². The van der Waals surface area contributed by atoms with Crippen molar-refractivity contribution in [1.82, 2.24) is 52.1 Å². The van der Waals surface area contributed by atoms with Gasteiger partial charge in [-0.05, 0) is 83.8 Å². The molecule has 0 unspecified atom stereocenters. The van der Waals surface area contributed by atoms with Crippen LogP contribution in [0.25, 0.3) is 0 Å². The maximum absolute atomic E-state index is 14.2. The lowest BCUT2D eigenvalue weighted by Gasteiger charge is -2.30. The minimum atomic E-state index is -1.82. The molecule has 31 nitrogen and oxygen atoms in total. The van der Waals surface area contributed by atoms with Crippen molar-refractivity contribution in [2.45, 2.75) is 132 Å². The molecule has 1 fully saturated rings. The number of amides is 9. The van der Waals surface area contributed by atoms with Gasteiger partial charge in [-0.3, -0.25) is 48.1 Å². The number of carbonyl (C=O) groups excluding carboxylic acids is 9. The van der Waals surface area contributed by atoms with Crippen LogP contribution in [-0.2, 0) is 49.6 Å². The number of imidazole rings is 1. The van der Waals surface area contributed by atoms with Crippen molar-refractivity contribution in [2.24, 2.45) is 56.6 Å². The van der Waals surface area contributed by atoms with Crippen LogP contribution in [0.3, 0.4) is 0 Å². The van der Waals surface area contributed by atoms with E-state index in [1.807, 2.05) is 0 Å². The van der Waals surface area contributed by atoms with Gasteiger partial charge in [0.15, 0.2) is 5.96 Å². The third-order valence-corrected chi connectivity index (χ3v) is 11.8. The Labute approximate surface area is 434 Å². The molecule has 2 heterocycles. The van der Waals surface area contributed by atoms with Crippen LogP contribution in [0, 0.1) is 0 Å². The van der Waals surface area contributed by atoms with E-state index in [9.17, 15) is 53.4 Å². The summed E-state index contributed by atoms with van der Waals surface area (Å²) in [6, 6.07) is -9.63. The number of aromatic nitrogens is 2. The van der Waals surface area contributed by atoms with Crippen LogP contribution in [-0.4, -0.2) is 191 Å². The summed E-state index contributed by atoms with van der Waals surface area (Å²) in [7, 11) is 0. The van der Waals surface area contributed by atoms with Crippen molar-refractivity contribution in [3.63, 3.8) is 0 Å². The van der Waals surface area contributed by atoms with Crippen molar-refractivity contribution in [2.75, 3.05) is 52.4 Å². The second-order valence-corrected chi connectivity index (χ2v) is 17.7. The van der Waals surface area contributed by atoms with Crippen molar-refractivity contribution in [3.05, 3.63) is 30.0 Å². The first kappa shape index (κ1) is 64.2. The van der Waals surface area contributed by atoms with Gasteiger partial charge in [0, 0.05) is 44.5 Å². The zero-order chi connectivity index (χ0) is 56.0. The van der Waals surface area contributed by atoms with E-state index in [2.05, 4.69) is 52.2 Å². The fraction of sp³-hybridized carbons (Fsp3) is 0.659. The maximum Gasteiger partial charge on any atom is 0.264 e. The average molecular weight is 1070 g/mol. The highest BCUT2D eigenvalue weighted by atomic mass is 16.3. The molecular formula is C44H80N20O11. The highest BCUT2D eigenvalue weighted by Crippen LogP contribution is 2.20. The molecule has 75 heavy (non-hydrogen) atoms. The number of H-pyrrole nitrogens is 1. The third-order valence-electron chi connectivity index (χ3n) is 11.8. The molecule has 0 spiro atoms. The summed E-state index contributed by atoms with van der Waals surface area (Å²) >= 11 is 0. The number of hydrogen-bond acceptors (Lipinski definition) is 19. The van der Waals surface area contributed by atoms with Gasteiger partial charge in [-0.15, -0.1) is 0 Å². The van der Waals surface area contributed by atoms with E-state index in [1.165, 1.54) is 23.5 Å². The number of hydrogen-bond donors (Lipinski definition) is 19. The van der Waals surface area contributed by atoms with E-state index in [0.29, 0.717) is 44.3 Å². The topological polar surface area (TPSA) is 557 Å². The second kappa shape index (κ2) is 34.6. The Morgan fingerprint density at radius 3 is 1.93 bits per heavy atom. The lowest BCUT2D eigenvalue weighted by molar-refractivity contribution is -0.142. The van der Waals surface area contributed by atoms with Crippen LogP contribution < -0.4 is 88.8 Å². The minimum Gasteiger partial charge on any atom is -0.389 e. The van der Waals surface area contributed by atoms with Gasteiger partial charge in [-0.2, -0.15) is 0 Å². The van der Waals surface area contributed by atoms with E-state index >= 15 is 0 Å². The van der Waals surface area contributed by atoms with Gasteiger partial charge < -0.3 is 109 Å². The number of likely N-dealkylation sites (tertiary alicyclic amines) is 1. The number of aliphatic hydroxyl groups excluding tert-OH is 2. The first-order valence-corrected chi connectivity index (χ1v) is 24.8. The summed E-state index contributed by atoms with van der Waals surface area (Å²) in [4.78, 5) is 133. The first-order valence-electron chi connectivity index (χ1n) is 24.8. The highest BCUT2D eigenvalue weighted by molar-refractivity contribution is 6.00. The van der Waals surface area contributed by atoms with Crippen LogP contribution in [0.5, 0.6) is 0 Å². The predicted molar refractivity (Wildman–Crippen MR) is 273 cm³/mol. The lowest BCUT2D eigenvalue weighted by Crippen LogP contribution is -2.63. The molecule has 1 saturated heterocycles. The molecule has 31 heteroatoms. The number of nitrogens with two attached hydrogens (primary N) is 9. The Morgan fingerprint density at radius 2 is 1.35 bits per heavy atom. The number of carbonyl (C=O) groups is 9. The summed E-state index contributed by atoms with van der Waals surface area (Å²) in [5.74, 6) is -8.11. The van der Waals surface area contributed by atoms with E-state index in [0.717, 1.165) is 0 Å².